The molecule has 1 atom stereocenters. The van der Waals surface area contributed by atoms with Gasteiger partial charge in [0.2, 0.25) is 0 Å². The van der Waals surface area contributed by atoms with Crippen molar-refractivity contribution in [3.05, 3.63) is 56.7 Å². The van der Waals surface area contributed by atoms with E-state index < -0.39 is 0 Å². The predicted molar refractivity (Wildman–Crippen MR) is 92.8 cm³/mol. The Kier molecular flexibility index (Phi) is 6.21. The fraction of sp³-hybridized carbons (Fsp3) is 0.312. The third kappa shape index (κ3) is 4.28. The third-order valence-corrected chi connectivity index (χ3v) is 4.09. The Morgan fingerprint density at radius 2 is 2.05 bits per heavy atom. The molecule has 2 rings (SSSR count). The van der Waals surface area contributed by atoms with E-state index in [1.165, 1.54) is 0 Å². The highest BCUT2D eigenvalue weighted by Gasteiger charge is 2.18. The van der Waals surface area contributed by atoms with E-state index in [4.69, 9.17) is 4.74 Å². The molecule has 0 bridgehead atoms. The van der Waals surface area contributed by atoms with Gasteiger partial charge >= 0.3 is 0 Å². The van der Waals surface area contributed by atoms with Crippen LogP contribution in [0.15, 0.2) is 45.5 Å². The van der Waals surface area contributed by atoms with Gasteiger partial charge in [-0.2, -0.15) is 0 Å². The summed E-state index contributed by atoms with van der Waals surface area (Å²) in [4.78, 5) is 4.55. The first-order chi connectivity index (χ1) is 10.2. The van der Waals surface area contributed by atoms with Crippen molar-refractivity contribution in [2.45, 2.75) is 19.9 Å². The molecule has 0 aliphatic rings. The van der Waals surface area contributed by atoms with E-state index >= 15 is 0 Å². The molecule has 5 heteroatoms. The molecule has 0 fully saturated rings. The Labute approximate surface area is 142 Å². The van der Waals surface area contributed by atoms with E-state index in [0.29, 0.717) is 6.61 Å². The lowest BCUT2D eigenvalue weighted by Crippen LogP contribution is -2.23. The summed E-state index contributed by atoms with van der Waals surface area (Å²) < 4.78 is 7.52. The standard InChI is InChI=1S/C16H18Br2N2O/c1-3-19-15(16-14(18)9-12(17)10-20-16)11-6-5-7-13(8-11)21-4-2/h5-10,15,19H,3-4H2,1-2H3. The second-order valence-corrected chi connectivity index (χ2v) is 6.29. The maximum Gasteiger partial charge on any atom is 0.119 e. The zero-order chi connectivity index (χ0) is 15.2. The molecule has 0 saturated heterocycles. The molecule has 112 valence electrons. The summed E-state index contributed by atoms with van der Waals surface area (Å²) >= 11 is 7.04. The number of rotatable bonds is 6. The minimum atomic E-state index is 0.0258. The maximum absolute atomic E-state index is 5.59. The molecule has 21 heavy (non-hydrogen) atoms. The molecular weight excluding hydrogens is 396 g/mol. The SMILES string of the molecule is CCNC(c1cccc(OCC)c1)c1ncc(Br)cc1Br. The first-order valence-corrected chi connectivity index (χ1v) is 8.51. The molecule has 1 N–H and O–H groups in total. The Balaban J connectivity index is 2.40. The molecule has 1 aromatic heterocycles. The van der Waals surface area contributed by atoms with E-state index in [0.717, 1.165) is 32.5 Å². The largest absolute Gasteiger partial charge is 0.494 e. The van der Waals surface area contributed by atoms with Gasteiger partial charge in [-0.3, -0.25) is 4.98 Å². The molecule has 0 spiro atoms. The van der Waals surface area contributed by atoms with Crippen LogP contribution in [0.4, 0.5) is 0 Å². The number of hydrogen-bond donors (Lipinski definition) is 1. The smallest absolute Gasteiger partial charge is 0.119 e. The summed E-state index contributed by atoms with van der Waals surface area (Å²) in [5.41, 5.74) is 2.10. The van der Waals surface area contributed by atoms with Crippen LogP contribution in [0.2, 0.25) is 0 Å². The first-order valence-electron chi connectivity index (χ1n) is 6.92. The first kappa shape index (κ1) is 16.5. The van der Waals surface area contributed by atoms with Gasteiger partial charge in [-0.25, -0.2) is 0 Å². The highest BCUT2D eigenvalue weighted by molar-refractivity contribution is 9.11. The molecule has 0 saturated carbocycles. The minimum absolute atomic E-state index is 0.0258. The number of nitrogens with zero attached hydrogens (tertiary/aromatic N) is 1. The van der Waals surface area contributed by atoms with Crippen LogP contribution in [-0.4, -0.2) is 18.1 Å². The van der Waals surface area contributed by atoms with Crippen molar-refractivity contribution in [3.8, 4) is 5.75 Å². The van der Waals surface area contributed by atoms with Gasteiger partial charge in [0.05, 0.1) is 18.3 Å². The molecule has 0 aliphatic heterocycles. The van der Waals surface area contributed by atoms with Gasteiger partial charge in [0.15, 0.2) is 0 Å². The van der Waals surface area contributed by atoms with E-state index in [-0.39, 0.29) is 6.04 Å². The van der Waals surface area contributed by atoms with Crippen molar-refractivity contribution in [2.24, 2.45) is 0 Å². The predicted octanol–water partition coefficient (Wildman–Crippen LogP) is 4.70. The molecule has 0 radical (unpaired) electrons. The summed E-state index contributed by atoms with van der Waals surface area (Å²) in [7, 11) is 0. The van der Waals surface area contributed by atoms with Crippen molar-refractivity contribution < 1.29 is 4.74 Å². The lowest BCUT2D eigenvalue weighted by Gasteiger charge is -2.20. The van der Waals surface area contributed by atoms with Crippen molar-refractivity contribution in [1.29, 1.82) is 0 Å². The van der Waals surface area contributed by atoms with Gasteiger partial charge < -0.3 is 10.1 Å². The molecule has 0 amide bonds. The van der Waals surface area contributed by atoms with Gasteiger partial charge in [0.25, 0.3) is 0 Å². The number of halogens is 2. The topological polar surface area (TPSA) is 34.1 Å². The lowest BCUT2D eigenvalue weighted by atomic mass is 10.0. The van der Waals surface area contributed by atoms with Crippen LogP contribution in [0.5, 0.6) is 5.75 Å². The van der Waals surface area contributed by atoms with E-state index in [9.17, 15) is 0 Å². The molecule has 1 aromatic carbocycles. The highest BCUT2D eigenvalue weighted by Crippen LogP contribution is 2.30. The Hall–Kier alpha value is -0.910. The van der Waals surface area contributed by atoms with Gasteiger partial charge in [0, 0.05) is 15.1 Å². The fourth-order valence-corrected chi connectivity index (χ4v) is 3.38. The molecule has 3 nitrogen and oxygen atoms in total. The number of aromatic nitrogens is 1. The number of pyridine rings is 1. The van der Waals surface area contributed by atoms with Crippen LogP contribution in [0.1, 0.15) is 31.1 Å². The van der Waals surface area contributed by atoms with Gasteiger partial charge in [-0.15, -0.1) is 0 Å². The van der Waals surface area contributed by atoms with Crippen LogP contribution in [0.25, 0.3) is 0 Å². The summed E-state index contributed by atoms with van der Waals surface area (Å²) in [6.45, 7) is 5.59. The zero-order valence-corrected chi connectivity index (χ0v) is 15.2. The third-order valence-electron chi connectivity index (χ3n) is 3.02. The van der Waals surface area contributed by atoms with Crippen LogP contribution < -0.4 is 10.1 Å². The monoisotopic (exact) mass is 412 g/mol. The van der Waals surface area contributed by atoms with Crippen molar-refractivity contribution in [1.82, 2.24) is 10.3 Å². The minimum Gasteiger partial charge on any atom is -0.494 e. The number of ether oxygens (including phenoxy) is 1. The quantitative estimate of drug-likeness (QED) is 0.744. The molecular formula is C16H18Br2N2O. The summed E-state index contributed by atoms with van der Waals surface area (Å²) in [5, 5.41) is 3.48. The summed E-state index contributed by atoms with van der Waals surface area (Å²) in [6, 6.07) is 10.2. The zero-order valence-electron chi connectivity index (χ0n) is 12.1. The van der Waals surface area contributed by atoms with E-state index in [1.807, 2.05) is 31.3 Å². The van der Waals surface area contributed by atoms with Gasteiger partial charge in [-0.05, 0) is 69.1 Å². The van der Waals surface area contributed by atoms with Crippen molar-refractivity contribution in [3.63, 3.8) is 0 Å². The van der Waals surface area contributed by atoms with E-state index in [2.05, 4.69) is 61.2 Å². The van der Waals surface area contributed by atoms with E-state index in [1.54, 1.807) is 0 Å². The van der Waals surface area contributed by atoms with Gasteiger partial charge in [-0.1, -0.05) is 19.1 Å². The second-order valence-electron chi connectivity index (χ2n) is 4.52. The average Bonchev–Trinajstić information content (AvgIpc) is 2.46. The number of benzene rings is 1. The average molecular weight is 414 g/mol. The number of hydrogen-bond acceptors (Lipinski definition) is 3. The Morgan fingerprint density at radius 3 is 2.71 bits per heavy atom. The van der Waals surface area contributed by atoms with Crippen LogP contribution in [0, 0.1) is 0 Å². The normalized spacial score (nSPS) is 12.2. The summed E-state index contributed by atoms with van der Waals surface area (Å²) in [6.07, 6.45) is 1.82. The second kappa shape index (κ2) is 7.92. The van der Waals surface area contributed by atoms with Crippen LogP contribution in [-0.2, 0) is 0 Å². The van der Waals surface area contributed by atoms with Crippen molar-refractivity contribution >= 4 is 31.9 Å². The van der Waals surface area contributed by atoms with Crippen LogP contribution >= 0.6 is 31.9 Å². The lowest BCUT2D eigenvalue weighted by molar-refractivity contribution is 0.339. The van der Waals surface area contributed by atoms with Crippen LogP contribution in [0.3, 0.4) is 0 Å². The summed E-state index contributed by atoms with van der Waals surface area (Å²) in [5.74, 6) is 0.881. The number of nitrogens with one attached hydrogen (secondary N) is 1. The highest BCUT2D eigenvalue weighted by atomic mass is 79.9. The Morgan fingerprint density at radius 1 is 1.24 bits per heavy atom. The maximum atomic E-state index is 5.59. The molecule has 2 aromatic rings. The van der Waals surface area contributed by atoms with Crippen molar-refractivity contribution in [2.75, 3.05) is 13.2 Å². The fourth-order valence-electron chi connectivity index (χ4n) is 2.16. The Bertz CT molecular complexity index is 605. The van der Waals surface area contributed by atoms with Gasteiger partial charge in [0.1, 0.15) is 5.75 Å². The molecule has 1 unspecified atom stereocenters. The molecule has 1 heterocycles. The molecule has 0 aliphatic carbocycles.